The Bertz CT molecular complexity index is 1240. The van der Waals surface area contributed by atoms with E-state index >= 15 is 0 Å². The average molecular weight is 478 g/mol. The van der Waals surface area contributed by atoms with E-state index in [4.69, 9.17) is 9.15 Å². The van der Waals surface area contributed by atoms with Gasteiger partial charge in [-0.15, -0.1) is 13.2 Å². The van der Waals surface area contributed by atoms with E-state index in [1.165, 1.54) is 28.8 Å². The summed E-state index contributed by atoms with van der Waals surface area (Å²) in [6, 6.07) is 10.3. The van der Waals surface area contributed by atoms with Gasteiger partial charge in [-0.3, -0.25) is 4.57 Å². The van der Waals surface area contributed by atoms with Crippen LogP contribution in [0.25, 0.3) is 22.2 Å². The van der Waals surface area contributed by atoms with E-state index in [2.05, 4.69) is 4.74 Å². The van der Waals surface area contributed by atoms with E-state index in [0.717, 1.165) is 12.8 Å². The molecule has 2 heterocycles. The van der Waals surface area contributed by atoms with Crippen LogP contribution in [0.15, 0.2) is 51.7 Å². The second kappa shape index (κ2) is 8.73. The Labute approximate surface area is 193 Å². The van der Waals surface area contributed by atoms with E-state index in [1.807, 2.05) is 0 Å². The second-order valence-electron chi connectivity index (χ2n) is 9.20. The van der Waals surface area contributed by atoms with E-state index in [1.54, 1.807) is 43.9 Å². The molecule has 0 spiro atoms. The third-order valence-corrected chi connectivity index (χ3v) is 5.49. The lowest BCUT2D eigenvalue weighted by atomic mass is 10.1. The normalized spacial score (nSPS) is 16.8. The molecular formula is C24H25F3N2O5. The molecule has 1 saturated heterocycles. The molecule has 0 radical (unpaired) electrons. The molecule has 1 aliphatic rings. The summed E-state index contributed by atoms with van der Waals surface area (Å²) >= 11 is 0. The Morgan fingerprint density at radius 1 is 1.09 bits per heavy atom. The van der Waals surface area contributed by atoms with E-state index in [0.29, 0.717) is 28.8 Å². The summed E-state index contributed by atoms with van der Waals surface area (Å²) in [4.78, 5) is 26.8. The third kappa shape index (κ3) is 5.37. The lowest BCUT2D eigenvalue weighted by Gasteiger charge is -2.28. The first-order valence-corrected chi connectivity index (χ1v) is 10.9. The minimum Gasteiger partial charge on any atom is -0.444 e. The van der Waals surface area contributed by atoms with E-state index < -0.39 is 23.8 Å². The van der Waals surface area contributed by atoms with E-state index in [-0.39, 0.29) is 18.3 Å². The first-order valence-electron chi connectivity index (χ1n) is 10.9. The molecule has 0 unspecified atom stereocenters. The van der Waals surface area contributed by atoms with Crippen molar-refractivity contribution in [3.8, 4) is 16.9 Å². The predicted molar refractivity (Wildman–Crippen MR) is 119 cm³/mol. The highest BCUT2D eigenvalue weighted by molar-refractivity contribution is 5.81. The number of fused-ring (bicyclic) bond motifs is 1. The van der Waals surface area contributed by atoms with Crippen molar-refractivity contribution in [1.82, 2.24) is 9.47 Å². The summed E-state index contributed by atoms with van der Waals surface area (Å²) in [5.41, 5.74) is 1.63. The molecule has 1 aromatic heterocycles. The number of oxazole rings is 1. The molecule has 34 heavy (non-hydrogen) atoms. The number of carbonyl (C=O) groups is 1. The standard InChI is InChI=1S/C24H25F3N2O5/c1-23(2,3)34-22(31)28-12-4-5-17(28)14-29-19-13-16(8-11-20(19)32-21(29)30)15-6-9-18(10-7-15)33-24(25,26)27/h6-11,13,17H,4-5,12,14H2,1-3H3/t17-/m1/s1. The monoisotopic (exact) mass is 478 g/mol. The van der Waals surface area contributed by atoms with Gasteiger partial charge in [0.1, 0.15) is 11.4 Å². The number of nitrogens with zero attached hydrogens (tertiary/aromatic N) is 2. The lowest BCUT2D eigenvalue weighted by Crippen LogP contribution is -2.42. The number of rotatable bonds is 4. The van der Waals surface area contributed by atoms with Crippen LogP contribution in [0.4, 0.5) is 18.0 Å². The number of likely N-dealkylation sites (tertiary alicyclic amines) is 1. The highest BCUT2D eigenvalue weighted by atomic mass is 19.4. The van der Waals surface area contributed by atoms with Crippen LogP contribution in [0.3, 0.4) is 0 Å². The van der Waals surface area contributed by atoms with Crippen LogP contribution < -0.4 is 10.5 Å². The molecular weight excluding hydrogens is 453 g/mol. The molecule has 3 aromatic rings. The Balaban J connectivity index is 1.60. The zero-order valence-electron chi connectivity index (χ0n) is 19.0. The number of hydrogen-bond acceptors (Lipinski definition) is 5. The molecule has 0 bridgehead atoms. The molecule has 10 heteroatoms. The third-order valence-electron chi connectivity index (χ3n) is 5.49. The molecule has 1 amide bonds. The van der Waals surface area contributed by atoms with Gasteiger partial charge in [0.05, 0.1) is 18.1 Å². The summed E-state index contributed by atoms with van der Waals surface area (Å²) < 4.78 is 53.5. The number of aromatic nitrogens is 1. The molecule has 1 aliphatic heterocycles. The maximum absolute atomic E-state index is 12.6. The number of hydrogen-bond donors (Lipinski definition) is 0. The summed E-state index contributed by atoms with van der Waals surface area (Å²) in [6.07, 6.45) is -3.66. The Morgan fingerprint density at radius 3 is 2.41 bits per heavy atom. The topological polar surface area (TPSA) is 73.9 Å². The van der Waals surface area contributed by atoms with Crippen LogP contribution in [0.2, 0.25) is 0 Å². The van der Waals surface area contributed by atoms with Gasteiger partial charge in [-0.25, -0.2) is 9.59 Å². The van der Waals surface area contributed by atoms with Crippen molar-refractivity contribution in [3.63, 3.8) is 0 Å². The van der Waals surface area contributed by atoms with Crippen LogP contribution in [0.1, 0.15) is 33.6 Å². The van der Waals surface area contributed by atoms with Gasteiger partial charge >= 0.3 is 18.2 Å². The van der Waals surface area contributed by atoms with Gasteiger partial charge in [0, 0.05) is 6.54 Å². The minimum atomic E-state index is -4.76. The Morgan fingerprint density at radius 2 is 1.76 bits per heavy atom. The number of carbonyl (C=O) groups excluding carboxylic acids is 1. The number of amides is 1. The van der Waals surface area contributed by atoms with Crippen molar-refractivity contribution in [1.29, 1.82) is 0 Å². The van der Waals surface area contributed by atoms with Gasteiger partial charge in [-0.1, -0.05) is 18.2 Å². The quantitative estimate of drug-likeness (QED) is 0.491. The highest BCUT2D eigenvalue weighted by Gasteiger charge is 2.33. The molecule has 182 valence electrons. The molecule has 0 aliphatic carbocycles. The van der Waals surface area contributed by atoms with Gasteiger partial charge in [-0.05, 0) is 69.0 Å². The van der Waals surface area contributed by atoms with Crippen molar-refractivity contribution < 1.29 is 31.9 Å². The fourth-order valence-corrected chi connectivity index (χ4v) is 4.06. The van der Waals surface area contributed by atoms with Crippen LogP contribution >= 0.6 is 0 Å². The maximum Gasteiger partial charge on any atom is 0.573 e. The van der Waals surface area contributed by atoms with Gasteiger partial charge in [0.15, 0.2) is 5.58 Å². The van der Waals surface area contributed by atoms with Gasteiger partial charge in [0.25, 0.3) is 0 Å². The van der Waals surface area contributed by atoms with Crippen molar-refractivity contribution in [2.45, 2.75) is 58.2 Å². The smallest absolute Gasteiger partial charge is 0.444 e. The molecule has 7 nitrogen and oxygen atoms in total. The van der Waals surface area contributed by atoms with Crippen LogP contribution in [0.5, 0.6) is 5.75 Å². The van der Waals surface area contributed by atoms with Gasteiger partial charge in [0.2, 0.25) is 0 Å². The summed E-state index contributed by atoms with van der Waals surface area (Å²) in [5.74, 6) is -0.863. The Kier molecular flexibility index (Phi) is 6.09. The maximum atomic E-state index is 12.6. The first-order chi connectivity index (χ1) is 15.9. The van der Waals surface area contributed by atoms with Gasteiger partial charge in [-0.2, -0.15) is 0 Å². The van der Waals surface area contributed by atoms with E-state index in [9.17, 15) is 22.8 Å². The number of benzene rings is 2. The van der Waals surface area contributed by atoms with Crippen LogP contribution in [-0.2, 0) is 11.3 Å². The predicted octanol–water partition coefficient (Wildman–Crippen LogP) is 5.56. The minimum absolute atomic E-state index is 0.226. The first kappa shape index (κ1) is 23.7. The largest absolute Gasteiger partial charge is 0.573 e. The lowest BCUT2D eigenvalue weighted by molar-refractivity contribution is -0.274. The number of alkyl halides is 3. The number of ether oxygens (including phenoxy) is 2. The van der Waals surface area contributed by atoms with Crippen LogP contribution in [0, 0.1) is 0 Å². The molecule has 1 atom stereocenters. The highest BCUT2D eigenvalue weighted by Crippen LogP contribution is 2.29. The summed E-state index contributed by atoms with van der Waals surface area (Å²) in [7, 11) is 0. The van der Waals surface area contributed by atoms with Crippen molar-refractivity contribution in [2.24, 2.45) is 0 Å². The molecule has 0 saturated carbocycles. The van der Waals surface area contributed by atoms with Crippen molar-refractivity contribution in [2.75, 3.05) is 6.54 Å². The van der Waals surface area contributed by atoms with Crippen molar-refractivity contribution >= 4 is 17.2 Å². The Hall–Kier alpha value is -3.43. The molecule has 0 N–H and O–H groups in total. The second-order valence-corrected chi connectivity index (χ2v) is 9.20. The fraction of sp³-hybridized carbons (Fsp3) is 0.417. The van der Waals surface area contributed by atoms with Gasteiger partial charge < -0.3 is 18.8 Å². The number of halogens is 3. The van der Waals surface area contributed by atoms with Crippen LogP contribution in [-0.4, -0.2) is 40.1 Å². The summed E-state index contributed by atoms with van der Waals surface area (Å²) in [5, 5.41) is 0. The SMILES string of the molecule is CC(C)(C)OC(=O)N1CCC[C@@H]1Cn1c(=O)oc2ccc(-c3ccc(OC(F)(F)F)cc3)cc21. The van der Waals surface area contributed by atoms with Crippen molar-refractivity contribution in [3.05, 3.63) is 53.0 Å². The average Bonchev–Trinajstić information content (AvgIpc) is 3.31. The zero-order valence-corrected chi connectivity index (χ0v) is 19.0. The zero-order chi connectivity index (χ0) is 24.7. The molecule has 1 fully saturated rings. The fourth-order valence-electron chi connectivity index (χ4n) is 4.06. The summed E-state index contributed by atoms with van der Waals surface area (Å²) in [6.45, 7) is 6.18. The molecule has 2 aromatic carbocycles. The molecule has 4 rings (SSSR count).